The lowest BCUT2D eigenvalue weighted by atomic mass is 9.76. The fraction of sp³-hybridized carbons (Fsp3) is 0.519. The second-order valence-corrected chi connectivity index (χ2v) is 9.73. The smallest absolute Gasteiger partial charge is 0.416 e. The molecule has 0 aromatic heterocycles. The van der Waals surface area contributed by atoms with Crippen molar-refractivity contribution in [2.24, 2.45) is 0 Å². The maximum atomic E-state index is 13.4. The van der Waals surface area contributed by atoms with Crippen molar-refractivity contribution in [3.8, 4) is 0 Å². The monoisotopic (exact) mass is 563 g/mol. The van der Waals surface area contributed by atoms with Gasteiger partial charge in [0.2, 0.25) is 0 Å². The average molecular weight is 564 g/mol. The highest BCUT2D eigenvalue weighted by Crippen LogP contribution is 2.43. The van der Waals surface area contributed by atoms with E-state index in [-0.39, 0.29) is 50.8 Å². The van der Waals surface area contributed by atoms with E-state index in [1.54, 1.807) is 42.2 Å². The summed E-state index contributed by atoms with van der Waals surface area (Å²) in [4.78, 5) is 14.1. The minimum absolute atomic E-state index is 0.0552. The highest BCUT2D eigenvalue weighted by Gasteiger charge is 2.49. The highest BCUT2D eigenvalue weighted by molar-refractivity contribution is 5.72. The van der Waals surface area contributed by atoms with Crippen LogP contribution in [0.2, 0.25) is 0 Å². The van der Waals surface area contributed by atoms with Crippen LogP contribution in [0.25, 0.3) is 0 Å². The summed E-state index contributed by atoms with van der Waals surface area (Å²) in [6.45, 7) is 1.78. The summed E-state index contributed by atoms with van der Waals surface area (Å²) < 4.78 is 91.4. The van der Waals surface area contributed by atoms with Crippen LogP contribution in [0.5, 0.6) is 0 Å². The minimum atomic E-state index is -5.00. The third-order valence-corrected chi connectivity index (χ3v) is 6.98. The molecule has 0 radical (unpaired) electrons. The van der Waals surface area contributed by atoms with Gasteiger partial charge in [-0.05, 0) is 56.0 Å². The van der Waals surface area contributed by atoms with Crippen LogP contribution in [0, 0.1) is 0 Å². The van der Waals surface area contributed by atoms with Gasteiger partial charge < -0.3 is 19.7 Å². The number of carbonyl (C=O) groups excluding carboxylic acids is 1. The number of rotatable bonds is 9. The van der Waals surface area contributed by atoms with Crippen LogP contribution >= 0.6 is 0 Å². The lowest BCUT2D eigenvalue weighted by Crippen LogP contribution is -2.62. The summed E-state index contributed by atoms with van der Waals surface area (Å²) in [6.07, 6.45) is -10.9. The van der Waals surface area contributed by atoms with Gasteiger partial charge in [-0.2, -0.15) is 26.3 Å². The molecule has 3 atom stereocenters. The van der Waals surface area contributed by atoms with Gasteiger partial charge in [0.15, 0.2) is 0 Å². The van der Waals surface area contributed by atoms with Crippen molar-refractivity contribution in [2.75, 3.05) is 32.9 Å². The summed E-state index contributed by atoms with van der Waals surface area (Å²) in [7, 11) is 0. The highest BCUT2D eigenvalue weighted by atomic mass is 19.4. The first-order chi connectivity index (χ1) is 18.1. The van der Waals surface area contributed by atoms with Crippen molar-refractivity contribution in [3.63, 3.8) is 0 Å². The number of β-amino-alcohol motifs (C(OH)–C–C–N with tert-alkyl or cyclic N) is 1. The number of halogens is 6. The second kappa shape index (κ2) is 11.8. The number of likely N-dealkylation sites (tertiary alicyclic amines) is 1. The molecule has 3 rings (SSSR count). The van der Waals surface area contributed by atoms with Crippen LogP contribution in [-0.2, 0) is 32.2 Å². The van der Waals surface area contributed by atoms with Gasteiger partial charge >= 0.3 is 18.3 Å². The number of ether oxygens (including phenoxy) is 2. The van der Waals surface area contributed by atoms with Crippen molar-refractivity contribution in [2.45, 2.75) is 56.3 Å². The van der Waals surface area contributed by atoms with Gasteiger partial charge in [-0.15, -0.1) is 0 Å². The van der Waals surface area contributed by atoms with Crippen LogP contribution in [0.1, 0.15) is 55.0 Å². The maximum absolute atomic E-state index is 13.4. The Kier molecular flexibility index (Phi) is 9.36. The second-order valence-electron chi connectivity index (χ2n) is 9.73. The third-order valence-electron chi connectivity index (χ3n) is 6.98. The molecule has 1 aliphatic rings. The summed E-state index contributed by atoms with van der Waals surface area (Å²) in [5, 5.41) is 20.6. The fourth-order valence-corrected chi connectivity index (χ4v) is 4.78. The van der Waals surface area contributed by atoms with E-state index in [1.807, 2.05) is 0 Å². The molecule has 39 heavy (non-hydrogen) atoms. The predicted molar refractivity (Wildman–Crippen MR) is 128 cm³/mol. The molecular weight excluding hydrogens is 532 g/mol. The zero-order chi connectivity index (χ0) is 29.1. The summed E-state index contributed by atoms with van der Waals surface area (Å²) in [5.74, 6) is -0.610. The van der Waals surface area contributed by atoms with Crippen LogP contribution in [0.3, 0.4) is 0 Å². The van der Waals surface area contributed by atoms with Gasteiger partial charge in [0, 0.05) is 6.54 Å². The predicted octanol–water partition coefficient (Wildman–Crippen LogP) is 5.08. The Hall–Kier alpha value is -2.67. The number of nitrogens with zero attached hydrogens (tertiary/aromatic N) is 1. The molecule has 2 N–H and O–H groups in total. The van der Waals surface area contributed by atoms with Crippen molar-refractivity contribution in [3.05, 3.63) is 70.8 Å². The maximum Gasteiger partial charge on any atom is 0.416 e. The average Bonchev–Trinajstić information content (AvgIpc) is 2.87. The van der Waals surface area contributed by atoms with E-state index in [2.05, 4.69) is 0 Å². The molecule has 12 heteroatoms. The summed E-state index contributed by atoms with van der Waals surface area (Å²) in [5.41, 5.74) is -5.22. The molecule has 1 heterocycles. The molecule has 0 spiro atoms. The van der Waals surface area contributed by atoms with E-state index in [0.717, 1.165) is 0 Å². The zero-order valence-corrected chi connectivity index (χ0v) is 21.5. The number of piperidine rings is 1. The lowest BCUT2D eigenvalue weighted by molar-refractivity contribution is -0.161. The first-order valence-corrected chi connectivity index (χ1v) is 12.3. The molecular formula is C27H31F6NO5. The standard InChI is InChI=1S/C27H31F6NO5/c1-3-38-23(36)14-34-15-24(37,16-35)9-10-25(34,20-7-5-4-6-8-20)17-39-18(2)19-11-21(26(28,29)30)13-22(12-19)27(31,32)33/h4-8,11-13,18,35,37H,3,9-10,14-17H2,1-2H3/t18-,24?,25-/m1/s1. The van der Waals surface area contributed by atoms with E-state index < -0.39 is 53.3 Å². The van der Waals surface area contributed by atoms with E-state index >= 15 is 0 Å². The molecule has 0 aliphatic carbocycles. The van der Waals surface area contributed by atoms with E-state index in [0.29, 0.717) is 17.7 Å². The van der Waals surface area contributed by atoms with Crippen molar-refractivity contribution in [1.82, 2.24) is 4.90 Å². The Bertz CT molecular complexity index is 1090. The number of hydrogen-bond acceptors (Lipinski definition) is 6. The number of esters is 1. The van der Waals surface area contributed by atoms with Crippen molar-refractivity contribution >= 4 is 5.97 Å². The zero-order valence-electron chi connectivity index (χ0n) is 21.5. The van der Waals surface area contributed by atoms with Gasteiger partial charge in [0.1, 0.15) is 5.60 Å². The van der Waals surface area contributed by atoms with Gasteiger partial charge in [-0.25, -0.2) is 0 Å². The van der Waals surface area contributed by atoms with Crippen molar-refractivity contribution < 1.29 is 50.8 Å². The number of aliphatic hydroxyl groups excluding tert-OH is 1. The molecule has 2 aromatic rings. The van der Waals surface area contributed by atoms with Gasteiger partial charge in [-0.1, -0.05) is 30.3 Å². The first kappa shape index (κ1) is 30.9. The van der Waals surface area contributed by atoms with Crippen LogP contribution in [-0.4, -0.2) is 59.6 Å². The number of hydrogen-bond donors (Lipinski definition) is 2. The normalized spacial score (nSPS) is 23.4. The fourth-order valence-electron chi connectivity index (χ4n) is 4.78. The quantitative estimate of drug-likeness (QED) is 0.327. The Morgan fingerprint density at radius 3 is 2.13 bits per heavy atom. The minimum Gasteiger partial charge on any atom is -0.465 e. The van der Waals surface area contributed by atoms with Crippen LogP contribution in [0.4, 0.5) is 26.3 Å². The van der Waals surface area contributed by atoms with Gasteiger partial charge in [0.05, 0.1) is 49.1 Å². The molecule has 0 saturated carbocycles. The summed E-state index contributed by atoms with van der Waals surface area (Å²) in [6, 6.07) is 10.0. The van der Waals surface area contributed by atoms with E-state index in [9.17, 15) is 41.4 Å². The molecule has 6 nitrogen and oxygen atoms in total. The number of carbonyl (C=O) groups is 1. The van der Waals surface area contributed by atoms with Crippen molar-refractivity contribution in [1.29, 1.82) is 0 Å². The van der Waals surface area contributed by atoms with Gasteiger partial charge in [0.25, 0.3) is 0 Å². The molecule has 1 fully saturated rings. The third kappa shape index (κ3) is 7.30. The Morgan fingerprint density at radius 1 is 1.03 bits per heavy atom. The van der Waals surface area contributed by atoms with E-state index in [1.165, 1.54) is 6.92 Å². The molecule has 1 unspecified atom stereocenters. The SMILES string of the molecule is CCOC(=O)CN1CC(O)(CO)CC[C@@]1(CO[C@H](C)c1cc(C(F)(F)F)cc(C(F)(F)F)c1)c1ccccc1. The van der Waals surface area contributed by atoms with Gasteiger partial charge in [-0.3, -0.25) is 9.69 Å². The molecule has 216 valence electrons. The molecule has 1 saturated heterocycles. The molecule has 0 amide bonds. The Morgan fingerprint density at radius 2 is 1.62 bits per heavy atom. The number of benzene rings is 2. The Balaban J connectivity index is 2.01. The largest absolute Gasteiger partial charge is 0.465 e. The number of alkyl halides is 6. The summed E-state index contributed by atoms with van der Waals surface area (Å²) >= 11 is 0. The van der Waals surface area contributed by atoms with E-state index in [4.69, 9.17) is 9.47 Å². The van der Waals surface area contributed by atoms with Crippen LogP contribution < -0.4 is 0 Å². The van der Waals surface area contributed by atoms with Crippen LogP contribution in [0.15, 0.2) is 48.5 Å². The molecule has 1 aliphatic heterocycles. The number of aliphatic hydroxyl groups is 2. The lowest BCUT2D eigenvalue weighted by Gasteiger charge is -2.52. The first-order valence-electron chi connectivity index (χ1n) is 12.3. The molecule has 2 aromatic carbocycles. The molecule has 0 bridgehead atoms. The topological polar surface area (TPSA) is 79.2 Å². The Labute approximate surface area is 222 Å².